The van der Waals surface area contributed by atoms with Gasteiger partial charge in [-0.2, -0.15) is 0 Å². The van der Waals surface area contributed by atoms with E-state index in [1.165, 1.54) is 12.1 Å². The zero-order valence-electron chi connectivity index (χ0n) is 12.3. The molecule has 0 aliphatic carbocycles. The summed E-state index contributed by atoms with van der Waals surface area (Å²) >= 11 is 3.11. The van der Waals surface area contributed by atoms with Gasteiger partial charge in [-0.1, -0.05) is 6.92 Å². The van der Waals surface area contributed by atoms with Crippen molar-refractivity contribution >= 4 is 39.9 Å². The Balaban J connectivity index is 0.00000242. The van der Waals surface area contributed by atoms with Crippen LogP contribution in [0, 0.1) is 10.1 Å². The third-order valence-corrected chi connectivity index (χ3v) is 4.48. The molecule has 1 amide bonds. The van der Waals surface area contributed by atoms with Gasteiger partial charge in [-0.25, -0.2) is 0 Å². The number of nitro benzene ring substituents is 1. The molecular formula is C14H19BrClN3O3. The minimum atomic E-state index is -0.503. The topological polar surface area (TPSA) is 75.5 Å². The van der Waals surface area contributed by atoms with Crippen molar-refractivity contribution in [2.45, 2.75) is 25.8 Å². The molecule has 1 aromatic carbocycles. The second-order valence-corrected chi connectivity index (χ2v) is 5.91. The Labute approximate surface area is 143 Å². The summed E-state index contributed by atoms with van der Waals surface area (Å²) in [4.78, 5) is 24.8. The van der Waals surface area contributed by atoms with E-state index in [0.717, 1.165) is 25.9 Å². The fourth-order valence-corrected chi connectivity index (χ4v) is 3.04. The predicted octanol–water partition coefficient (Wildman–Crippen LogP) is 2.99. The average molecular weight is 393 g/mol. The van der Waals surface area contributed by atoms with E-state index >= 15 is 0 Å². The summed E-state index contributed by atoms with van der Waals surface area (Å²) in [5.74, 6) is -0.270. The number of carbonyl (C=O) groups excluding carboxylic acids is 1. The fourth-order valence-electron chi connectivity index (χ4n) is 2.65. The predicted molar refractivity (Wildman–Crippen MR) is 90.6 cm³/mol. The van der Waals surface area contributed by atoms with Gasteiger partial charge in [0.1, 0.15) is 0 Å². The molecule has 22 heavy (non-hydrogen) atoms. The molecule has 0 radical (unpaired) electrons. The van der Waals surface area contributed by atoms with E-state index in [-0.39, 0.29) is 24.0 Å². The molecule has 1 heterocycles. The van der Waals surface area contributed by atoms with E-state index in [1.54, 1.807) is 6.07 Å². The van der Waals surface area contributed by atoms with E-state index < -0.39 is 4.92 Å². The van der Waals surface area contributed by atoms with Crippen molar-refractivity contribution in [3.05, 3.63) is 38.3 Å². The lowest BCUT2D eigenvalue weighted by molar-refractivity contribution is -0.385. The first-order valence-electron chi connectivity index (χ1n) is 6.99. The molecule has 6 nitrogen and oxygen atoms in total. The molecule has 1 N–H and O–H groups in total. The van der Waals surface area contributed by atoms with Gasteiger partial charge in [-0.05, 0) is 54.0 Å². The maximum absolute atomic E-state index is 12.1. The lowest BCUT2D eigenvalue weighted by atomic mass is 10.1. The van der Waals surface area contributed by atoms with E-state index in [2.05, 4.69) is 33.1 Å². The Kier molecular flexibility index (Phi) is 7.25. The molecule has 0 saturated carbocycles. The van der Waals surface area contributed by atoms with E-state index in [4.69, 9.17) is 0 Å². The van der Waals surface area contributed by atoms with Crippen molar-refractivity contribution in [3.8, 4) is 0 Å². The molecule has 0 spiro atoms. The van der Waals surface area contributed by atoms with Crippen molar-refractivity contribution in [2.75, 3.05) is 19.6 Å². The monoisotopic (exact) mass is 391 g/mol. The summed E-state index contributed by atoms with van der Waals surface area (Å²) in [6, 6.07) is 4.77. The van der Waals surface area contributed by atoms with Gasteiger partial charge in [0.25, 0.3) is 11.6 Å². The Morgan fingerprint density at radius 1 is 1.55 bits per heavy atom. The highest BCUT2D eigenvalue weighted by Crippen LogP contribution is 2.25. The molecule has 1 aromatic rings. The van der Waals surface area contributed by atoms with Crippen LogP contribution in [0.1, 0.15) is 30.1 Å². The molecule has 0 aromatic heterocycles. The number of halogens is 2. The zero-order chi connectivity index (χ0) is 15.4. The van der Waals surface area contributed by atoms with Crippen molar-refractivity contribution in [3.63, 3.8) is 0 Å². The smallest absolute Gasteiger partial charge is 0.284 e. The Morgan fingerprint density at radius 3 is 2.91 bits per heavy atom. The van der Waals surface area contributed by atoms with Gasteiger partial charge in [0.15, 0.2) is 0 Å². The van der Waals surface area contributed by atoms with E-state index in [0.29, 0.717) is 22.6 Å². The van der Waals surface area contributed by atoms with Crippen LogP contribution in [0.4, 0.5) is 5.69 Å². The molecule has 2 rings (SSSR count). The molecule has 1 fully saturated rings. The number of amides is 1. The van der Waals surface area contributed by atoms with Crippen LogP contribution < -0.4 is 5.32 Å². The number of carbonyl (C=O) groups is 1. The van der Waals surface area contributed by atoms with E-state index in [9.17, 15) is 14.9 Å². The second kappa shape index (κ2) is 8.45. The summed E-state index contributed by atoms with van der Waals surface area (Å²) in [5, 5.41) is 13.8. The Morgan fingerprint density at radius 2 is 2.27 bits per heavy atom. The molecule has 1 aliphatic heterocycles. The van der Waals surface area contributed by atoms with Gasteiger partial charge in [-0.15, -0.1) is 12.4 Å². The summed E-state index contributed by atoms with van der Waals surface area (Å²) in [6.45, 7) is 4.74. The third-order valence-electron chi connectivity index (χ3n) is 3.81. The number of rotatable bonds is 5. The molecule has 1 atom stereocenters. The third kappa shape index (κ3) is 4.41. The second-order valence-electron chi connectivity index (χ2n) is 5.06. The molecule has 8 heteroatoms. The Bertz CT molecular complexity index is 556. The van der Waals surface area contributed by atoms with Gasteiger partial charge in [0, 0.05) is 24.2 Å². The largest absolute Gasteiger partial charge is 0.350 e. The highest BCUT2D eigenvalue weighted by atomic mass is 79.9. The highest BCUT2D eigenvalue weighted by molar-refractivity contribution is 9.10. The van der Waals surface area contributed by atoms with Crippen molar-refractivity contribution in [2.24, 2.45) is 0 Å². The van der Waals surface area contributed by atoms with Gasteiger partial charge in [0.2, 0.25) is 0 Å². The first kappa shape index (κ1) is 18.9. The average Bonchev–Trinajstić information content (AvgIpc) is 2.92. The quantitative estimate of drug-likeness (QED) is 0.617. The Hall–Kier alpha value is -1.18. The number of nitrogens with zero attached hydrogens (tertiary/aromatic N) is 2. The van der Waals surface area contributed by atoms with Crippen molar-refractivity contribution in [1.29, 1.82) is 0 Å². The first-order chi connectivity index (χ1) is 10.0. The van der Waals surface area contributed by atoms with Gasteiger partial charge in [0.05, 0.1) is 9.40 Å². The number of hydrogen-bond acceptors (Lipinski definition) is 4. The van der Waals surface area contributed by atoms with Crippen LogP contribution in [-0.4, -0.2) is 41.4 Å². The number of nitro groups is 1. The SMILES string of the molecule is CCN1CCCC1CNC(=O)c1ccc(Br)c([N+](=O)[O-])c1.Cl. The standard InChI is InChI=1S/C14H18BrN3O3.ClH/c1-2-17-7-3-4-11(17)9-16-14(19)10-5-6-12(15)13(8-10)18(20)21;/h5-6,8,11H,2-4,7,9H2,1H3,(H,16,19);1H. The summed E-state index contributed by atoms with van der Waals surface area (Å²) in [5.41, 5.74) is 0.213. The summed E-state index contributed by atoms with van der Waals surface area (Å²) < 4.78 is 0.372. The molecule has 1 unspecified atom stereocenters. The van der Waals surface area contributed by atoms with E-state index in [1.807, 2.05) is 0 Å². The van der Waals surface area contributed by atoms with Crippen LogP contribution >= 0.6 is 28.3 Å². The zero-order valence-corrected chi connectivity index (χ0v) is 14.7. The van der Waals surface area contributed by atoms with Gasteiger partial charge in [-0.3, -0.25) is 19.8 Å². The van der Waals surface area contributed by atoms with Crippen LogP contribution in [0.2, 0.25) is 0 Å². The number of likely N-dealkylation sites (N-methyl/N-ethyl adjacent to an activating group) is 1. The lowest BCUT2D eigenvalue weighted by Crippen LogP contribution is -2.40. The summed E-state index contributed by atoms with van der Waals surface area (Å²) in [6.07, 6.45) is 2.23. The number of hydrogen-bond donors (Lipinski definition) is 1. The van der Waals surface area contributed by atoms with Crippen LogP contribution in [0.3, 0.4) is 0 Å². The van der Waals surface area contributed by atoms with Crippen LogP contribution in [0.25, 0.3) is 0 Å². The minimum Gasteiger partial charge on any atom is -0.350 e. The molecule has 1 aliphatic rings. The van der Waals surface area contributed by atoms with Crippen molar-refractivity contribution < 1.29 is 9.72 Å². The normalized spacial score (nSPS) is 17.8. The van der Waals surface area contributed by atoms with Crippen LogP contribution in [0.15, 0.2) is 22.7 Å². The number of benzene rings is 1. The molecular weight excluding hydrogens is 374 g/mol. The van der Waals surface area contributed by atoms with Gasteiger partial charge < -0.3 is 5.32 Å². The van der Waals surface area contributed by atoms with Gasteiger partial charge >= 0.3 is 0 Å². The maximum atomic E-state index is 12.1. The lowest BCUT2D eigenvalue weighted by Gasteiger charge is -2.22. The molecule has 0 bridgehead atoms. The first-order valence-corrected chi connectivity index (χ1v) is 7.78. The molecule has 122 valence electrons. The minimum absolute atomic E-state index is 0. The van der Waals surface area contributed by atoms with Crippen LogP contribution in [-0.2, 0) is 0 Å². The summed E-state index contributed by atoms with van der Waals surface area (Å²) in [7, 11) is 0. The highest BCUT2D eigenvalue weighted by Gasteiger charge is 2.23. The number of likely N-dealkylation sites (tertiary alicyclic amines) is 1. The molecule has 1 saturated heterocycles. The van der Waals surface area contributed by atoms with Crippen molar-refractivity contribution in [1.82, 2.24) is 10.2 Å². The number of nitrogens with one attached hydrogen (secondary N) is 1. The maximum Gasteiger partial charge on any atom is 0.284 e. The fraction of sp³-hybridized carbons (Fsp3) is 0.500. The van der Waals surface area contributed by atoms with Crippen LogP contribution in [0.5, 0.6) is 0 Å².